The third kappa shape index (κ3) is 6.55. The van der Waals surface area contributed by atoms with Gasteiger partial charge in [-0.3, -0.25) is 4.79 Å². The molecule has 0 atom stereocenters. The van der Waals surface area contributed by atoms with Crippen LogP contribution in [0.5, 0.6) is 5.75 Å². The van der Waals surface area contributed by atoms with Crippen molar-refractivity contribution in [3.63, 3.8) is 0 Å². The SMILES string of the molecule is COc1ccccc1NC(N)=NCc1ccc(NC(=O)C(C)C)cc1.I. The van der Waals surface area contributed by atoms with Crippen LogP contribution in [0.3, 0.4) is 0 Å². The average Bonchev–Trinajstić information content (AvgIpc) is 2.61. The number of para-hydroxylation sites is 2. The topological polar surface area (TPSA) is 88.7 Å². The lowest BCUT2D eigenvalue weighted by atomic mass is 10.2. The van der Waals surface area contributed by atoms with Gasteiger partial charge in [0.05, 0.1) is 19.3 Å². The lowest BCUT2D eigenvalue weighted by molar-refractivity contribution is -0.118. The quantitative estimate of drug-likeness (QED) is 0.342. The molecule has 2 aromatic rings. The molecule has 0 saturated carbocycles. The number of hydrogen-bond donors (Lipinski definition) is 3. The predicted octanol–water partition coefficient (Wildman–Crippen LogP) is 3.83. The zero-order chi connectivity index (χ0) is 18.2. The number of nitrogens with two attached hydrogens (primary N) is 1. The van der Waals surface area contributed by atoms with Crippen molar-refractivity contribution >= 4 is 47.2 Å². The van der Waals surface area contributed by atoms with Crippen molar-refractivity contribution < 1.29 is 9.53 Å². The van der Waals surface area contributed by atoms with Crippen LogP contribution in [-0.4, -0.2) is 19.0 Å². The molecule has 0 spiro atoms. The van der Waals surface area contributed by atoms with Crippen molar-refractivity contribution in [2.24, 2.45) is 16.6 Å². The molecule has 0 aliphatic rings. The molecular formula is C19H25IN4O2. The summed E-state index contributed by atoms with van der Waals surface area (Å²) < 4.78 is 5.26. The molecule has 0 aromatic heterocycles. The highest BCUT2D eigenvalue weighted by Gasteiger charge is 2.06. The summed E-state index contributed by atoms with van der Waals surface area (Å²) in [5.41, 5.74) is 8.46. The molecule has 0 radical (unpaired) electrons. The number of nitrogens with zero attached hydrogens (tertiary/aromatic N) is 1. The van der Waals surface area contributed by atoms with Crippen molar-refractivity contribution in [2.75, 3.05) is 17.7 Å². The second-order valence-electron chi connectivity index (χ2n) is 5.87. The van der Waals surface area contributed by atoms with E-state index in [2.05, 4.69) is 15.6 Å². The van der Waals surface area contributed by atoms with Crippen LogP contribution in [0, 0.1) is 5.92 Å². The number of hydrogen-bond acceptors (Lipinski definition) is 3. The van der Waals surface area contributed by atoms with Gasteiger partial charge in [-0.1, -0.05) is 38.1 Å². The van der Waals surface area contributed by atoms with E-state index in [0.29, 0.717) is 18.3 Å². The van der Waals surface area contributed by atoms with Gasteiger partial charge in [-0.05, 0) is 29.8 Å². The van der Waals surface area contributed by atoms with Crippen LogP contribution in [0.15, 0.2) is 53.5 Å². The number of nitrogens with one attached hydrogen (secondary N) is 2. The summed E-state index contributed by atoms with van der Waals surface area (Å²) in [6, 6.07) is 15.0. The number of methoxy groups -OCH3 is 1. The van der Waals surface area contributed by atoms with Crippen LogP contribution in [0.1, 0.15) is 19.4 Å². The maximum atomic E-state index is 11.7. The minimum absolute atomic E-state index is 0. The number of halogens is 1. The standard InChI is InChI=1S/C19H24N4O2.HI/c1-13(2)18(24)22-15-10-8-14(9-11-15)12-21-19(20)23-16-6-4-5-7-17(16)25-3;/h4-11,13H,12H2,1-3H3,(H,22,24)(H3,20,21,23);1H. The van der Waals surface area contributed by atoms with Gasteiger partial charge in [-0.25, -0.2) is 4.99 Å². The second kappa shape index (κ2) is 10.6. The largest absolute Gasteiger partial charge is 0.495 e. The zero-order valence-electron chi connectivity index (χ0n) is 15.2. The Balaban J connectivity index is 0.00000338. The van der Waals surface area contributed by atoms with Crippen LogP contribution in [-0.2, 0) is 11.3 Å². The summed E-state index contributed by atoms with van der Waals surface area (Å²) in [4.78, 5) is 16.0. The lowest BCUT2D eigenvalue weighted by Crippen LogP contribution is -2.22. The Hall–Kier alpha value is -2.29. The van der Waals surface area contributed by atoms with Gasteiger partial charge < -0.3 is 21.1 Å². The molecule has 0 fully saturated rings. The molecule has 140 valence electrons. The van der Waals surface area contributed by atoms with Crippen LogP contribution < -0.4 is 21.1 Å². The molecule has 1 amide bonds. The molecule has 2 aromatic carbocycles. The molecule has 2 rings (SSSR count). The molecule has 7 heteroatoms. The summed E-state index contributed by atoms with van der Waals surface area (Å²) in [6.07, 6.45) is 0. The Morgan fingerprint density at radius 2 is 1.77 bits per heavy atom. The van der Waals surface area contributed by atoms with E-state index in [0.717, 1.165) is 16.9 Å². The Kier molecular flexibility index (Phi) is 8.91. The van der Waals surface area contributed by atoms with Crippen LogP contribution in [0.25, 0.3) is 0 Å². The minimum atomic E-state index is -0.0508. The molecule has 4 N–H and O–H groups in total. The van der Waals surface area contributed by atoms with Crippen molar-refractivity contribution in [1.29, 1.82) is 0 Å². The molecule has 0 bridgehead atoms. The van der Waals surface area contributed by atoms with E-state index in [1.807, 2.05) is 62.4 Å². The van der Waals surface area contributed by atoms with Crippen LogP contribution in [0.2, 0.25) is 0 Å². The normalized spacial score (nSPS) is 10.8. The fourth-order valence-electron chi connectivity index (χ4n) is 2.08. The highest BCUT2D eigenvalue weighted by Crippen LogP contribution is 2.22. The number of guanidine groups is 1. The maximum absolute atomic E-state index is 11.7. The van der Waals surface area contributed by atoms with Gasteiger partial charge >= 0.3 is 0 Å². The second-order valence-corrected chi connectivity index (χ2v) is 5.87. The molecule has 26 heavy (non-hydrogen) atoms. The van der Waals surface area contributed by atoms with Crippen LogP contribution >= 0.6 is 24.0 Å². The average molecular weight is 468 g/mol. The minimum Gasteiger partial charge on any atom is -0.495 e. The van der Waals surface area contributed by atoms with E-state index in [-0.39, 0.29) is 35.8 Å². The monoisotopic (exact) mass is 468 g/mol. The molecule has 0 unspecified atom stereocenters. The third-order valence-electron chi connectivity index (χ3n) is 3.55. The summed E-state index contributed by atoms with van der Waals surface area (Å²) in [5.74, 6) is 0.953. The molecule has 0 aliphatic heterocycles. The first-order valence-electron chi connectivity index (χ1n) is 8.09. The van der Waals surface area contributed by atoms with Gasteiger partial charge in [-0.15, -0.1) is 24.0 Å². The number of carbonyl (C=O) groups excluding carboxylic acids is 1. The molecule has 6 nitrogen and oxygen atoms in total. The van der Waals surface area contributed by atoms with Gasteiger partial charge in [0.15, 0.2) is 5.96 Å². The van der Waals surface area contributed by atoms with Gasteiger partial charge in [-0.2, -0.15) is 0 Å². The summed E-state index contributed by atoms with van der Waals surface area (Å²) >= 11 is 0. The number of anilines is 2. The number of benzene rings is 2. The number of rotatable bonds is 6. The van der Waals surface area contributed by atoms with Gasteiger partial charge in [0, 0.05) is 11.6 Å². The summed E-state index contributed by atoms with van der Waals surface area (Å²) in [5, 5.41) is 5.88. The Labute approximate surface area is 171 Å². The Morgan fingerprint density at radius 3 is 2.38 bits per heavy atom. The smallest absolute Gasteiger partial charge is 0.226 e. The van der Waals surface area contributed by atoms with Crippen LogP contribution in [0.4, 0.5) is 11.4 Å². The number of amides is 1. The Morgan fingerprint density at radius 1 is 1.12 bits per heavy atom. The fraction of sp³-hybridized carbons (Fsp3) is 0.263. The number of aliphatic imine (C=N–C) groups is 1. The maximum Gasteiger partial charge on any atom is 0.226 e. The lowest BCUT2D eigenvalue weighted by Gasteiger charge is -2.10. The van der Waals surface area contributed by atoms with Crippen molar-refractivity contribution in [1.82, 2.24) is 0 Å². The van der Waals surface area contributed by atoms with E-state index in [4.69, 9.17) is 10.5 Å². The predicted molar refractivity (Wildman–Crippen MR) is 117 cm³/mol. The summed E-state index contributed by atoms with van der Waals surface area (Å²) in [7, 11) is 1.60. The first kappa shape index (κ1) is 21.8. The van der Waals surface area contributed by atoms with E-state index in [9.17, 15) is 4.79 Å². The van der Waals surface area contributed by atoms with E-state index >= 15 is 0 Å². The molecule has 0 aliphatic carbocycles. The molecule has 0 saturated heterocycles. The Bertz CT molecular complexity index is 745. The van der Waals surface area contributed by atoms with Crippen molar-refractivity contribution in [2.45, 2.75) is 20.4 Å². The van der Waals surface area contributed by atoms with Gasteiger partial charge in [0.2, 0.25) is 5.91 Å². The third-order valence-corrected chi connectivity index (χ3v) is 3.55. The van der Waals surface area contributed by atoms with Crippen molar-refractivity contribution in [3.8, 4) is 5.75 Å². The molecular weight excluding hydrogens is 443 g/mol. The van der Waals surface area contributed by atoms with Gasteiger partial charge in [0.25, 0.3) is 0 Å². The van der Waals surface area contributed by atoms with E-state index in [1.165, 1.54) is 0 Å². The highest BCUT2D eigenvalue weighted by molar-refractivity contribution is 14.0. The van der Waals surface area contributed by atoms with Gasteiger partial charge in [0.1, 0.15) is 5.75 Å². The first-order chi connectivity index (χ1) is 12.0. The number of ether oxygens (including phenoxy) is 1. The summed E-state index contributed by atoms with van der Waals surface area (Å²) in [6.45, 7) is 4.15. The first-order valence-corrected chi connectivity index (χ1v) is 8.09. The fourth-order valence-corrected chi connectivity index (χ4v) is 2.08. The molecule has 0 heterocycles. The number of carbonyl (C=O) groups is 1. The van der Waals surface area contributed by atoms with E-state index < -0.39 is 0 Å². The zero-order valence-corrected chi connectivity index (χ0v) is 17.5. The highest BCUT2D eigenvalue weighted by atomic mass is 127. The van der Waals surface area contributed by atoms with E-state index in [1.54, 1.807) is 7.11 Å². The van der Waals surface area contributed by atoms with Crippen molar-refractivity contribution in [3.05, 3.63) is 54.1 Å².